The van der Waals surface area contributed by atoms with Crippen LogP contribution in [-0.2, 0) is 9.47 Å². The van der Waals surface area contributed by atoms with Gasteiger partial charge in [0.05, 0.1) is 5.69 Å². The molecule has 4 heteroatoms. The molecule has 0 unspecified atom stereocenters. The summed E-state index contributed by atoms with van der Waals surface area (Å²) in [5.41, 5.74) is 0.779. The van der Waals surface area contributed by atoms with Crippen molar-refractivity contribution < 1.29 is 9.47 Å². The van der Waals surface area contributed by atoms with E-state index in [-0.39, 0.29) is 0 Å². The van der Waals surface area contributed by atoms with Crippen molar-refractivity contribution in [2.75, 3.05) is 13.2 Å². The molecule has 0 atom stereocenters. The van der Waals surface area contributed by atoms with Crippen molar-refractivity contribution in [3.63, 3.8) is 0 Å². The van der Waals surface area contributed by atoms with Gasteiger partial charge in [-0.3, -0.25) is 0 Å². The van der Waals surface area contributed by atoms with Gasteiger partial charge in [-0.2, -0.15) is 4.99 Å². The van der Waals surface area contributed by atoms with E-state index in [4.69, 9.17) is 21.1 Å². The van der Waals surface area contributed by atoms with E-state index < -0.39 is 0 Å². The summed E-state index contributed by atoms with van der Waals surface area (Å²) in [5, 5.41) is 0.692. The maximum absolute atomic E-state index is 5.72. The Hall–Kier alpha value is -1.22. The number of halogens is 1. The van der Waals surface area contributed by atoms with E-state index in [0.29, 0.717) is 24.3 Å². The lowest BCUT2D eigenvalue weighted by Gasteiger charge is -1.96. The minimum absolute atomic E-state index is 0.335. The zero-order valence-corrected chi connectivity index (χ0v) is 7.62. The maximum atomic E-state index is 5.72. The second kappa shape index (κ2) is 3.66. The van der Waals surface area contributed by atoms with Crippen LogP contribution in [0, 0.1) is 0 Å². The first-order valence-electron chi connectivity index (χ1n) is 3.94. The molecule has 0 bridgehead atoms. The van der Waals surface area contributed by atoms with Crippen LogP contribution in [0.25, 0.3) is 0 Å². The van der Waals surface area contributed by atoms with Crippen molar-refractivity contribution in [3.8, 4) is 0 Å². The van der Waals surface area contributed by atoms with Crippen LogP contribution in [0.5, 0.6) is 0 Å². The second-order valence-corrected chi connectivity index (χ2v) is 2.99. The third kappa shape index (κ3) is 2.12. The molecule has 0 saturated carbocycles. The Morgan fingerprint density at radius 3 is 2.31 bits per heavy atom. The maximum Gasteiger partial charge on any atom is 0.389 e. The van der Waals surface area contributed by atoms with Gasteiger partial charge < -0.3 is 9.47 Å². The van der Waals surface area contributed by atoms with Gasteiger partial charge in [0, 0.05) is 5.02 Å². The summed E-state index contributed by atoms with van der Waals surface area (Å²) < 4.78 is 10.2. The third-order valence-electron chi connectivity index (χ3n) is 1.58. The Bertz CT molecular complexity index is 313. The molecule has 1 saturated heterocycles. The summed E-state index contributed by atoms with van der Waals surface area (Å²) in [5.74, 6) is 0. The monoisotopic (exact) mass is 197 g/mol. The molecular weight excluding hydrogens is 190 g/mol. The summed E-state index contributed by atoms with van der Waals surface area (Å²) in [6.45, 7) is 1.15. The van der Waals surface area contributed by atoms with Crippen molar-refractivity contribution in [3.05, 3.63) is 29.3 Å². The molecule has 0 radical (unpaired) electrons. The highest BCUT2D eigenvalue weighted by Crippen LogP contribution is 2.17. The van der Waals surface area contributed by atoms with E-state index in [1.807, 2.05) is 0 Å². The van der Waals surface area contributed by atoms with Gasteiger partial charge in [0.2, 0.25) is 0 Å². The first-order chi connectivity index (χ1) is 6.34. The fourth-order valence-electron chi connectivity index (χ4n) is 0.985. The Morgan fingerprint density at radius 1 is 1.08 bits per heavy atom. The van der Waals surface area contributed by atoms with Gasteiger partial charge in [-0.25, -0.2) is 0 Å². The first-order valence-corrected chi connectivity index (χ1v) is 4.32. The van der Waals surface area contributed by atoms with Crippen molar-refractivity contribution in [2.45, 2.75) is 0 Å². The fourth-order valence-corrected chi connectivity index (χ4v) is 1.11. The molecule has 1 aliphatic rings. The normalized spacial score (nSPS) is 15.0. The van der Waals surface area contributed by atoms with Crippen molar-refractivity contribution in [1.82, 2.24) is 0 Å². The summed E-state index contributed by atoms with van der Waals surface area (Å²) in [6, 6.07) is 7.16. The molecule has 0 N–H and O–H groups in total. The minimum atomic E-state index is 0.335. The number of ether oxygens (including phenoxy) is 2. The molecule has 0 spiro atoms. The van der Waals surface area contributed by atoms with E-state index in [0.717, 1.165) is 5.69 Å². The van der Waals surface area contributed by atoms with E-state index in [1.54, 1.807) is 24.3 Å². The fraction of sp³-hybridized carbons (Fsp3) is 0.222. The standard InChI is InChI=1S/C9H8ClNO2/c10-7-1-3-8(4-2-7)11-9-12-5-6-13-9/h1-4H,5-6H2. The van der Waals surface area contributed by atoms with Crippen molar-refractivity contribution in [1.29, 1.82) is 0 Å². The lowest BCUT2D eigenvalue weighted by Crippen LogP contribution is -1.94. The van der Waals surface area contributed by atoms with Gasteiger partial charge in [0.15, 0.2) is 0 Å². The smallest absolute Gasteiger partial charge is 0.389 e. The van der Waals surface area contributed by atoms with E-state index in [2.05, 4.69) is 4.99 Å². The minimum Gasteiger partial charge on any atom is -0.447 e. The Balaban J connectivity index is 2.17. The second-order valence-electron chi connectivity index (χ2n) is 2.55. The van der Waals surface area contributed by atoms with Crippen LogP contribution < -0.4 is 0 Å². The van der Waals surface area contributed by atoms with Crippen LogP contribution in [0.4, 0.5) is 5.69 Å². The summed E-state index contributed by atoms with van der Waals surface area (Å²) >= 11 is 5.72. The highest BCUT2D eigenvalue weighted by molar-refractivity contribution is 6.30. The largest absolute Gasteiger partial charge is 0.447 e. The molecule has 0 aliphatic carbocycles. The zero-order chi connectivity index (χ0) is 9.10. The van der Waals surface area contributed by atoms with Gasteiger partial charge in [0.25, 0.3) is 0 Å². The highest BCUT2D eigenvalue weighted by atomic mass is 35.5. The quantitative estimate of drug-likeness (QED) is 0.692. The molecule has 0 aromatic heterocycles. The van der Waals surface area contributed by atoms with Crippen LogP contribution in [-0.4, -0.2) is 19.3 Å². The molecule has 0 amide bonds. The Morgan fingerprint density at radius 2 is 1.69 bits per heavy atom. The van der Waals surface area contributed by atoms with Crippen molar-refractivity contribution >= 4 is 23.4 Å². The molecule has 2 rings (SSSR count). The molecule has 1 aromatic rings. The van der Waals surface area contributed by atoms with E-state index >= 15 is 0 Å². The SMILES string of the molecule is Clc1ccc(N=C2OCCO2)cc1. The Kier molecular flexibility index (Phi) is 2.36. The van der Waals surface area contributed by atoms with Crippen LogP contribution in [0.2, 0.25) is 5.02 Å². The summed E-state index contributed by atoms with van der Waals surface area (Å²) in [6.07, 6.45) is 0.335. The van der Waals surface area contributed by atoms with Gasteiger partial charge in [0.1, 0.15) is 13.2 Å². The lowest BCUT2D eigenvalue weighted by atomic mass is 10.3. The average Bonchev–Trinajstić information content (AvgIpc) is 2.62. The topological polar surface area (TPSA) is 30.8 Å². The molecular formula is C9H8ClNO2. The van der Waals surface area contributed by atoms with Gasteiger partial charge in [-0.15, -0.1) is 0 Å². The molecule has 1 aromatic carbocycles. The lowest BCUT2D eigenvalue weighted by molar-refractivity contribution is 0.337. The molecule has 1 aliphatic heterocycles. The zero-order valence-electron chi connectivity index (χ0n) is 6.87. The number of hydrogen-bond acceptors (Lipinski definition) is 3. The third-order valence-corrected chi connectivity index (χ3v) is 1.83. The van der Waals surface area contributed by atoms with Crippen LogP contribution in [0.1, 0.15) is 0 Å². The molecule has 3 nitrogen and oxygen atoms in total. The summed E-state index contributed by atoms with van der Waals surface area (Å²) in [4.78, 5) is 4.11. The molecule has 13 heavy (non-hydrogen) atoms. The number of benzene rings is 1. The summed E-state index contributed by atoms with van der Waals surface area (Å²) in [7, 11) is 0. The van der Waals surface area contributed by atoms with Crippen LogP contribution in [0.15, 0.2) is 29.3 Å². The predicted octanol–water partition coefficient (Wildman–Crippen LogP) is 2.37. The average molecular weight is 198 g/mol. The van der Waals surface area contributed by atoms with Gasteiger partial charge in [-0.1, -0.05) is 11.6 Å². The highest BCUT2D eigenvalue weighted by Gasteiger charge is 2.09. The van der Waals surface area contributed by atoms with E-state index in [1.165, 1.54) is 0 Å². The van der Waals surface area contributed by atoms with Crippen molar-refractivity contribution in [2.24, 2.45) is 4.99 Å². The molecule has 68 valence electrons. The van der Waals surface area contributed by atoms with E-state index in [9.17, 15) is 0 Å². The number of rotatable bonds is 1. The first kappa shape index (κ1) is 8.38. The van der Waals surface area contributed by atoms with Crippen LogP contribution >= 0.6 is 11.6 Å². The van der Waals surface area contributed by atoms with Gasteiger partial charge >= 0.3 is 6.08 Å². The number of hydrogen-bond donors (Lipinski definition) is 0. The van der Waals surface area contributed by atoms with Gasteiger partial charge in [-0.05, 0) is 24.3 Å². The predicted molar refractivity (Wildman–Crippen MR) is 50.5 cm³/mol. The number of nitrogens with zero attached hydrogens (tertiary/aromatic N) is 1. The molecule has 1 fully saturated rings. The van der Waals surface area contributed by atoms with Crippen LogP contribution in [0.3, 0.4) is 0 Å². The molecule has 1 heterocycles. The Labute approximate surface area is 80.9 Å². The number of aliphatic imine (C=N–C) groups is 1.